The lowest BCUT2D eigenvalue weighted by Gasteiger charge is -2.22. The molecule has 4 heterocycles. The van der Waals surface area contributed by atoms with Gasteiger partial charge in [0.05, 0.1) is 13.3 Å². The molecule has 1 aliphatic rings. The largest absolute Gasteiger partial charge is 0.480 e. The number of H-pyrrole nitrogens is 1. The van der Waals surface area contributed by atoms with E-state index in [2.05, 4.69) is 25.3 Å². The lowest BCUT2D eigenvalue weighted by molar-refractivity contribution is 0.400. The molecule has 0 amide bonds. The summed E-state index contributed by atoms with van der Waals surface area (Å²) in [7, 11) is 1.56. The van der Waals surface area contributed by atoms with Crippen LogP contribution >= 0.6 is 11.8 Å². The molecule has 1 fully saturated rings. The normalized spacial score (nSPS) is 15.4. The van der Waals surface area contributed by atoms with E-state index in [0.29, 0.717) is 28.7 Å². The van der Waals surface area contributed by atoms with Crippen molar-refractivity contribution in [3.8, 4) is 5.88 Å². The zero-order chi connectivity index (χ0) is 17.2. The number of pyridine rings is 1. The summed E-state index contributed by atoms with van der Waals surface area (Å²) in [5.41, 5.74) is 1.81. The second-order valence-corrected chi connectivity index (χ2v) is 6.98. The standard InChI is InChI=1S/C16H18N6O2S/c1-24-14-11(3-2-6-17-14)19-15-18-9-12-13(21-15)22(16(23)20-12)10-4-7-25-8-5-10/h2-3,6,9-10H,4-5,7-8H2,1H3,(H,20,23)(H,18,19,21). The van der Waals surface area contributed by atoms with Gasteiger partial charge in [-0.3, -0.25) is 4.57 Å². The molecule has 1 aliphatic heterocycles. The van der Waals surface area contributed by atoms with Crippen molar-refractivity contribution in [1.29, 1.82) is 0 Å². The van der Waals surface area contributed by atoms with E-state index in [1.807, 2.05) is 17.8 Å². The maximum atomic E-state index is 12.4. The molecule has 0 unspecified atom stereocenters. The maximum Gasteiger partial charge on any atom is 0.327 e. The quantitative estimate of drug-likeness (QED) is 0.738. The summed E-state index contributed by atoms with van der Waals surface area (Å²) in [5, 5.41) is 3.11. The fourth-order valence-electron chi connectivity index (χ4n) is 3.03. The van der Waals surface area contributed by atoms with Gasteiger partial charge in [-0.25, -0.2) is 14.8 Å². The van der Waals surface area contributed by atoms with E-state index in [0.717, 1.165) is 24.3 Å². The lowest BCUT2D eigenvalue weighted by Crippen LogP contribution is -2.25. The fraction of sp³-hybridized carbons (Fsp3) is 0.375. The van der Waals surface area contributed by atoms with E-state index >= 15 is 0 Å². The van der Waals surface area contributed by atoms with Crippen molar-refractivity contribution in [2.75, 3.05) is 23.9 Å². The topological polar surface area (TPSA) is 97.7 Å². The van der Waals surface area contributed by atoms with Gasteiger partial charge in [0.1, 0.15) is 11.2 Å². The number of ether oxygens (including phenoxy) is 1. The first-order chi connectivity index (χ1) is 12.3. The summed E-state index contributed by atoms with van der Waals surface area (Å²) in [6.07, 6.45) is 5.23. The van der Waals surface area contributed by atoms with Gasteiger partial charge in [0.25, 0.3) is 0 Å². The van der Waals surface area contributed by atoms with Crippen LogP contribution in [0.4, 0.5) is 11.6 Å². The lowest BCUT2D eigenvalue weighted by atomic mass is 10.1. The van der Waals surface area contributed by atoms with E-state index in [-0.39, 0.29) is 11.7 Å². The number of aromatic nitrogens is 5. The van der Waals surface area contributed by atoms with Gasteiger partial charge in [-0.15, -0.1) is 0 Å². The minimum atomic E-state index is -0.127. The monoisotopic (exact) mass is 358 g/mol. The molecule has 0 radical (unpaired) electrons. The third-order valence-corrected chi connectivity index (χ3v) is 5.27. The second-order valence-electron chi connectivity index (χ2n) is 5.76. The summed E-state index contributed by atoms with van der Waals surface area (Å²) in [6, 6.07) is 3.82. The fourth-order valence-corrected chi connectivity index (χ4v) is 4.11. The number of methoxy groups -OCH3 is 1. The summed E-state index contributed by atoms with van der Waals surface area (Å²) in [4.78, 5) is 28.2. The van der Waals surface area contributed by atoms with Crippen molar-refractivity contribution in [2.24, 2.45) is 0 Å². The Hall–Kier alpha value is -2.55. The molecular formula is C16H18N6O2S. The molecular weight excluding hydrogens is 340 g/mol. The molecule has 8 nitrogen and oxygen atoms in total. The van der Waals surface area contributed by atoms with Gasteiger partial charge in [-0.2, -0.15) is 16.7 Å². The molecule has 130 valence electrons. The predicted octanol–water partition coefficient (Wildman–Crippen LogP) is 2.33. The van der Waals surface area contributed by atoms with Crippen LogP contribution in [-0.2, 0) is 0 Å². The number of hydrogen-bond acceptors (Lipinski definition) is 7. The van der Waals surface area contributed by atoms with Gasteiger partial charge in [0, 0.05) is 12.2 Å². The van der Waals surface area contributed by atoms with Crippen LogP contribution in [0.2, 0.25) is 0 Å². The minimum Gasteiger partial charge on any atom is -0.480 e. The van der Waals surface area contributed by atoms with Gasteiger partial charge >= 0.3 is 5.69 Å². The molecule has 0 atom stereocenters. The van der Waals surface area contributed by atoms with Crippen molar-refractivity contribution in [2.45, 2.75) is 18.9 Å². The van der Waals surface area contributed by atoms with Gasteiger partial charge in [0.15, 0.2) is 5.65 Å². The zero-order valence-corrected chi connectivity index (χ0v) is 14.5. The number of imidazole rings is 1. The number of aromatic amines is 1. The van der Waals surface area contributed by atoms with Gasteiger partial charge in [0.2, 0.25) is 11.8 Å². The van der Waals surface area contributed by atoms with E-state index in [4.69, 9.17) is 4.74 Å². The highest BCUT2D eigenvalue weighted by Crippen LogP contribution is 2.28. The molecule has 0 saturated carbocycles. The van der Waals surface area contributed by atoms with Crippen LogP contribution in [0, 0.1) is 0 Å². The van der Waals surface area contributed by atoms with Crippen LogP contribution in [0.15, 0.2) is 29.3 Å². The number of fused-ring (bicyclic) bond motifs is 1. The first-order valence-electron chi connectivity index (χ1n) is 8.07. The van der Waals surface area contributed by atoms with Crippen molar-refractivity contribution < 1.29 is 4.74 Å². The Morgan fingerprint density at radius 1 is 1.36 bits per heavy atom. The van der Waals surface area contributed by atoms with E-state index in [9.17, 15) is 4.79 Å². The Bertz CT molecular complexity index is 947. The summed E-state index contributed by atoms with van der Waals surface area (Å²) >= 11 is 1.92. The van der Waals surface area contributed by atoms with Crippen molar-refractivity contribution in [3.63, 3.8) is 0 Å². The number of nitrogens with zero attached hydrogens (tertiary/aromatic N) is 4. The van der Waals surface area contributed by atoms with Crippen LogP contribution in [-0.4, -0.2) is 43.1 Å². The number of hydrogen-bond donors (Lipinski definition) is 2. The van der Waals surface area contributed by atoms with Crippen LogP contribution in [0.25, 0.3) is 11.2 Å². The van der Waals surface area contributed by atoms with Crippen LogP contribution in [0.3, 0.4) is 0 Å². The van der Waals surface area contributed by atoms with Crippen LogP contribution < -0.4 is 15.7 Å². The number of rotatable bonds is 4. The Morgan fingerprint density at radius 2 is 2.20 bits per heavy atom. The Labute approximate surface area is 148 Å². The molecule has 9 heteroatoms. The van der Waals surface area contributed by atoms with Gasteiger partial charge in [-0.1, -0.05) is 0 Å². The third kappa shape index (κ3) is 3.07. The van der Waals surface area contributed by atoms with Gasteiger partial charge in [-0.05, 0) is 36.5 Å². The first kappa shape index (κ1) is 15.9. The molecule has 0 bridgehead atoms. The summed E-state index contributed by atoms with van der Waals surface area (Å²) in [6.45, 7) is 0. The average Bonchev–Trinajstić information content (AvgIpc) is 2.98. The van der Waals surface area contributed by atoms with Crippen molar-refractivity contribution in [3.05, 3.63) is 35.0 Å². The van der Waals surface area contributed by atoms with Crippen LogP contribution in [0.5, 0.6) is 5.88 Å². The smallest absolute Gasteiger partial charge is 0.327 e. The molecule has 0 aliphatic carbocycles. The SMILES string of the molecule is COc1ncccc1Nc1ncc2[nH]c(=O)n(C3CCSCC3)c2n1. The van der Waals surface area contributed by atoms with E-state index < -0.39 is 0 Å². The number of anilines is 2. The molecule has 3 aromatic rings. The number of nitrogens with one attached hydrogen (secondary N) is 2. The second kappa shape index (κ2) is 6.75. The van der Waals surface area contributed by atoms with Crippen molar-refractivity contribution in [1.82, 2.24) is 24.5 Å². The maximum absolute atomic E-state index is 12.4. The first-order valence-corrected chi connectivity index (χ1v) is 9.23. The Balaban J connectivity index is 1.73. The molecule has 0 spiro atoms. The average molecular weight is 358 g/mol. The minimum absolute atomic E-state index is 0.127. The predicted molar refractivity (Wildman–Crippen MR) is 97.8 cm³/mol. The van der Waals surface area contributed by atoms with Crippen LogP contribution in [0.1, 0.15) is 18.9 Å². The molecule has 3 aromatic heterocycles. The summed E-state index contributed by atoms with van der Waals surface area (Å²) in [5.74, 6) is 2.98. The third-order valence-electron chi connectivity index (χ3n) is 4.22. The van der Waals surface area contributed by atoms with E-state index in [1.54, 1.807) is 30.1 Å². The Kier molecular flexibility index (Phi) is 4.31. The number of thioether (sulfide) groups is 1. The van der Waals surface area contributed by atoms with Crippen molar-refractivity contribution >= 4 is 34.6 Å². The molecule has 2 N–H and O–H groups in total. The zero-order valence-electron chi connectivity index (χ0n) is 13.7. The Morgan fingerprint density at radius 3 is 3.00 bits per heavy atom. The highest BCUT2D eigenvalue weighted by atomic mass is 32.2. The van der Waals surface area contributed by atoms with Gasteiger partial charge < -0.3 is 15.0 Å². The highest BCUT2D eigenvalue weighted by molar-refractivity contribution is 7.99. The van der Waals surface area contributed by atoms with E-state index in [1.165, 1.54) is 0 Å². The summed E-state index contributed by atoms with van der Waals surface area (Å²) < 4.78 is 7.00. The molecule has 1 saturated heterocycles. The molecule has 0 aromatic carbocycles. The molecule has 4 rings (SSSR count). The molecule has 25 heavy (non-hydrogen) atoms. The highest BCUT2D eigenvalue weighted by Gasteiger charge is 2.21.